The van der Waals surface area contributed by atoms with Gasteiger partial charge < -0.3 is 21.7 Å². The number of nitrogen functional groups attached to an aromatic ring is 2. The highest BCUT2D eigenvalue weighted by Crippen LogP contribution is 2.24. The molecule has 1 amide bonds. The van der Waals surface area contributed by atoms with E-state index in [2.05, 4.69) is 20.2 Å². The first-order valence-electron chi connectivity index (χ1n) is 9.35. The molecule has 1 aromatic heterocycles. The van der Waals surface area contributed by atoms with Gasteiger partial charge in [-0.2, -0.15) is 0 Å². The van der Waals surface area contributed by atoms with Crippen LogP contribution in [-0.4, -0.2) is 29.0 Å². The van der Waals surface area contributed by atoms with E-state index in [1.54, 1.807) is 0 Å². The molecule has 4 rings (SSSR count). The Morgan fingerprint density at radius 3 is 2.48 bits per heavy atom. The minimum absolute atomic E-state index is 0.106. The van der Waals surface area contributed by atoms with Gasteiger partial charge in [-0.05, 0) is 55.3 Å². The summed E-state index contributed by atoms with van der Waals surface area (Å²) in [5.74, 6) is -0.797. The van der Waals surface area contributed by atoms with Gasteiger partial charge in [-0.15, -0.1) is 0 Å². The Morgan fingerprint density at radius 1 is 1.07 bits per heavy atom. The lowest BCUT2D eigenvalue weighted by atomic mass is 10.1. The van der Waals surface area contributed by atoms with Gasteiger partial charge in [0.1, 0.15) is 5.82 Å². The number of nitrogens with two attached hydrogens (primary N) is 2. The van der Waals surface area contributed by atoms with Crippen molar-refractivity contribution in [3.8, 4) is 11.4 Å². The van der Waals surface area contributed by atoms with E-state index in [0.717, 1.165) is 18.8 Å². The molecule has 1 fully saturated rings. The number of anilines is 4. The number of hydrogen-bond acceptors (Lipinski definition) is 6. The molecule has 0 aliphatic carbocycles. The molecule has 1 aliphatic rings. The Morgan fingerprint density at radius 2 is 1.79 bits per heavy atom. The fourth-order valence-electron chi connectivity index (χ4n) is 3.31. The number of carbonyl (C=O) groups excluding carboxylic acids is 1. The van der Waals surface area contributed by atoms with Crippen molar-refractivity contribution in [1.29, 1.82) is 0 Å². The van der Waals surface area contributed by atoms with Crippen molar-refractivity contribution < 1.29 is 9.18 Å². The zero-order chi connectivity index (χ0) is 20.4. The van der Waals surface area contributed by atoms with E-state index in [1.165, 1.54) is 37.2 Å². The molecular formula is C21H21FN6O. The zero-order valence-corrected chi connectivity index (χ0v) is 15.7. The van der Waals surface area contributed by atoms with E-state index in [9.17, 15) is 9.18 Å². The molecule has 0 atom stereocenters. The number of rotatable bonds is 4. The zero-order valence-electron chi connectivity index (χ0n) is 15.7. The normalized spacial score (nSPS) is 13.5. The van der Waals surface area contributed by atoms with Crippen LogP contribution >= 0.6 is 0 Å². The smallest absolute Gasteiger partial charge is 0.258 e. The number of halogens is 1. The standard InChI is InChI=1S/C21H21FN6O/c22-17-8-3-13(20-25-12-18(23)19(24)27-20)11-16(17)21(29)26-14-4-6-15(7-5-14)28-9-1-2-10-28/h3-8,11-12H,1-2,9-10,23H2,(H,26,29)(H2,24,25,27). The van der Waals surface area contributed by atoms with Crippen molar-refractivity contribution >= 4 is 28.8 Å². The van der Waals surface area contributed by atoms with E-state index in [4.69, 9.17) is 11.5 Å². The van der Waals surface area contributed by atoms with Crippen LogP contribution in [-0.2, 0) is 0 Å². The van der Waals surface area contributed by atoms with Crippen LogP contribution in [0.5, 0.6) is 0 Å². The van der Waals surface area contributed by atoms with Gasteiger partial charge in [0.2, 0.25) is 0 Å². The average molecular weight is 392 g/mol. The molecule has 7 nitrogen and oxygen atoms in total. The first-order chi connectivity index (χ1) is 14.0. The van der Waals surface area contributed by atoms with E-state index in [0.29, 0.717) is 11.3 Å². The van der Waals surface area contributed by atoms with Gasteiger partial charge in [0.25, 0.3) is 5.91 Å². The summed E-state index contributed by atoms with van der Waals surface area (Å²) in [7, 11) is 0. The summed E-state index contributed by atoms with van der Waals surface area (Å²) in [4.78, 5) is 23.1. The topological polar surface area (TPSA) is 110 Å². The Kier molecular flexibility index (Phi) is 4.99. The van der Waals surface area contributed by atoms with Crippen LogP contribution in [0.15, 0.2) is 48.7 Å². The SMILES string of the molecule is Nc1cnc(-c2ccc(F)c(C(=O)Nc3ccc(N4CCCC4)cc3)c2)nc1N. The van der Waals surface area contributed by atoms with Crippen LogP contribution in [0.25, 0.3) is 11.4 Å². The summed E-state index contributed by atoms with van der Waals surface area (Å²) in [6, 6.07) is 11.6. The van der Waals surface area contributed by atoms with Crippen molar-refractivity contribution in [3.05, 3.63) is 60.0 Å². The van der Waals surface area contributed by atoms with Gasteiger partial charge in [0.05, 0.1) is 17.4 Å². The van der Waals surface area contributed by atoms with Crippen molar-refractivity contribution in [3.63, 3.8) is 0 Å². The van der Waals surface area contributed by atoms with Gasteiger partial charge in [-0.1, -0.05) is 0 Å². The Hall–Kier alpha value is -3.68. The summed E-state index contributed by atoms with van der Waals surface area (Å²) >= 11 is 0. The van der Waals surface area contributed by atoms with Gasteiger partial charge in [-0.3, -0.25) is 4.79 Å². The maximum absolute atomic E-state index is 14.3. The highest BCUT2D eigenvalue weighted by Gasteiger charge is 2.16. The molecule has 148 valence electrons. The molecule has 0 radical (unpaired) electrons. The fourth-order valence-corrected chi connectivity index (χ4v) is 3.31. The Labute approximate surface area is 167 Å². The molecule has 0 unspecified atom stereocenters. The van der Waals surface area contributed by atoms with Crippen LogP contribution in [0.3, 0.4) is 0 Å². The monoisotopic (exact) mass is 392 g/mol. The predicted molar refractivity (Wildman–Crippen MR) is 112 cm³/mol. The van der Waals surface area contributed by atoms with Gasteiger partial charge >= 0.3 is 0 Å². The van der Waals surface area contributed by atoms with E-state index in [1.807, 2.05) is 24.3 Å². The molecule has 0 bridgehead atoms. The summed E-state index contributed by atoms with van der Waals surface area (Å²) in [6.07, 6.45) is 3.76. The molecule has 0 spiro atoms. The number of hydrogen-bond donors (Lipinski definition) is 3. The summed E-state index contributed by atoms with van der Waals surface area (Å²) in [5, 5.41) is 2.73. The second-order valence-corrected chi connectivity index (χ2v) is 6.92. The molecule has 2 aromatic carbocycles. The number of nitrogens with one attached hydrogen (secondary N) is 1. The molecular weight excluding hydrogens is 371 g/mol. The quantitative estimate of drug-likeness (QED) is 0.628. The van der Waals surface area contributed by atoms with E-state index >= 15 is 0 Å². The lowest BCUT2D eigenvalue weighted by Gasteiger charge is -2.17. The van der Waals surface area contributed by atoms with Crippen LogP contribution in [0, 0.1) is 5.82 Å². The number of nitrogens with zero attached hydrogens (tertiary/aromatic N) is 3. The van der Waals surface area contributed by atoms with Crippen molar-refractivity contribution in [2.75, 3.05) is 34.8 Å². The maximum atomic E-state index is 14.3. The minimum atomic E-state index is -0.636. The first-order valence-corrected chi connectivity index (χ1v) is 9.35. The minimum Gasteiger partial charge on any atom is -0.394 e. The number of amides is 1. The highest BCUT2D eigenvalue weighted by atomic mass is 19.1. The fraction of sp³-hybridized carbons (Fsp3) is 0.190. The molecule has 8 heteroatoms. The lowest BCUT2D eigenvalue weighted by Crippen LogP contribution is -2.17. The lowest BCUT2D eigenvalue weighted by molar-refractivity contribution is 0.102. The molecule has 2 heterocycles. The van der Waals surface area contributed by atoms with E-state index < -0.39 is 11.7 Å². The van der Waals surface area contributed by atoms with Gasteiger partial charge in [0, 0.05) is 30.0 Å². The second-order valence-electron chi connectivity index (χ2n) is 6.92. The Balaban J connectivity index is 1.54. The summed E-state index contributed by atoms with van der Waals surface area (Å²) in [6.45, 7) is 2.09. The van der Waals surface area contributed by atoms with Crippen LogP contribution in [0.1, 0.15) is 23.2 Å². The van der Waals surface area contributed by atoms with Crippen molar-refractivity contribution in [1.82, 2.24) is 9.97 Å². The molecule has 1 saturated heterocycles. The third kappa shape index (κ3) is 3.96. The number of benzene rings is 2. The van der Waals surface area contributed by atoms with Crippen LogP contribution in [0.2, 0.25) is 0 Å². The third-order valence-corrected chi connectivity index (χ3v) is 4.91. The van der Waals surface area contributed by atoms with Gasteiger partial charge in [-0.25, -0.2) is 14.4 Å². The largest absolute Gasteiger partial charge is 0.394 e. The second kappa shape index (κ2) is 7.75. The number of aromatic nitrogens is 2. The molecule has 0 saturated carbocycles. The summed E-state index contributed by atoms with van der Waals surface area (Å²) < 4.78 is 14.3. The average Bonchev–Trinajstić information content (AvgIpc) is 3.26. The highest BCUT2D eigenvalue weighted by molar-refractivity contribution is 6.05. The van der Waals surface area contributed by atoms with Crippen molar-refractivity contribution in [2.24, 2.45) is 0 Å². The van der Waals surface area contributed by atoms with Crippen molar-refractivity contribution in [2.45, 2.75) is 12.8 Å². The van der Waals surface area contributed by atoms with Gasteiger partial charge in [0.15, 0.2) is 11.6 Å². The maximum Gasteiger partial charge on any atom is 0.258 e. The van der Waals surface area contributed by atoms with Crippen LogP contribution in [0.4, 0.5) is 27.3 Å². The third-order valence-electron chi connectivity index (χ3n) is 4.91. The Bertz CT molecular complexity index is 1050. The molecule has 3 aromatic rings. The van der Waals surface area contributed by atoms with E-state index in [-0.39, 0.29) is 22.9 Å². The molecule has 29 heavy (non-hydrogen) atoms. The molecule has 5 N–H and O–H groups in total. The number of carbonyl (C=O) groups is 1. The van der Waals surface area contributed by atoms with Crippen LogP contribution < -0.4 is 21.7 Å². The molecule has 1 aliphatic heterocycles. The predicted octanol–water partition coefficient (Wildman–Crippen LogP) is 3.30. The summed E-state index contributed by atoms with van der Waals surface area (Å²) in [5.41, 5.74) is 13.7. The first kappa shape index (κ1) is 18.7.